The Balaban J connectivity index is 1.35. The minimum Gasteiger partial charge on any atom is -0.454 e. The van der Waals surface area contributed by atoms with E-state index in [2.05, 4.69) is 5.10 Å². The highest BCUT2D eigenvalue weighted by atomic mass is 16.5. The molecule has 5 heteroatoms. The van der Waals surface area contributed by atoms with Crippen LogP contribution in [0.2, 0.25) is 0 Å². The molecule has 0 radical (unpaired) electrons. The van der Waals surface area contributed by atoms with Crippen LogP contribution >= 0.6 is 0 Å². The third-order valence-electron chi connectivity index (χ3n) is 5.06. The van der Waals surface area contributed by atoms with Gasteiger partial charge in [-0.2, -0.15) is 5.10 Å². The number of Topliss-reactive ketones (excluding diaryl/α,β-unsaturated/α-hetero) is 1. The number of esters is 1. The Hall–Kier alpha value is -3.21. The van der Waals surface area contributed by atoms with Crippen LogP contribution in [0.25, 0.3) is 0 Å². The second-order valence-corrected chi connectivity index (χ2v) is 7.10. The van der Waals surface area contributed by atoms with E-state index in [1.165, 1.54) is 23.7 Å². The van der Waals surface area contributed by atoms with Crippen LogP contribution in [0.4, 0.5) is 0 Å². The van der Waals surface area contributed by atoms with Gasteiger partial charge in [-0.25, -0.2) is 4.79 Å². The zero-order chi connectivity index (χ0) is 19.3. The predicted octanol–water partition coefficient (Wildman–Crippen LogP) is 3.85. The number of ketones is 1. The summed E-state index contributed by atoms with van der Waals surface area (Å²) < 4.78 is 6.89. The summed E-state index contributed by atoms with van der Waals surface area (Å²) in [6, 6.07) is 15.7. The third kappa shape index (κ3) is 4.19. The van der Waals surface area contributed by atoms with Gasteiger partial charge in [-0.15, -0.1) is 0 Å². The fourth-order valence-electron chi connectivity index (χ4n) is 3.53. The first-order chi connectivity index (χ1) is 13.7. The van der Waals surface area contributed by atoms with Crippen LogP contribution in [-0.2, 0) is 24.1 Å². The number of rotatable bonds is 6. The SMILES string of the molecule is O=C(COC(=O)c1cnn(Cc2ccccc2)c1)c1ccc2c(c1)CCCC2. The number of aromatic nitrogens is 2. The summed E-state index contributed by atoms with van der Waals surface area (Å²) in [5.41, 5.74) is 4.60. The van der Waals surface area contributed by atoms with Crippen molar-refractivity contribution in [3.63, 3.8) is 0 Å². The largest absolute Gasteiger partial charge is 0.454 e. The lowest BCUT2D eigenvalue weighted by Gasteiger charge is -2.16. The van der Waals surface area contributed by atoms with E-state index < -0.39 is 5.97 Å². The average Bonchev–Trinajstić information content (AvgIpc) is 3.20. The van der Waals surface area contributed by atoms with Gasteiger partial charge in [0.2, 0.25) is 0 Å². The molecule has 142 valence electrons. The lowest BCUT2D eigenvalue weighted by Crippen LogP contribution is -2.15. The number of nitrogens with zero attached hydrogens (tertiary/aromatic N) is 2. The second kappa shape index (κ2) is 8.21. The maximum absolute atomic E-state index is 12.4. The van der Waals surface area contributed by atoms with E-state index in [-0.39, 0.29) is 12.4 Å². The van der Waals surface area contributed by atoms with Crippen molar-refractivity contribution in [2.75, 3.05) is 6.61 Å². The van der Waals surface area contributed by atoms with Crippen molar-refractivity contribution in [3.05, 3.63) is 88.7 Å². The summed E-state index contributed by atoms with van der Waals surface area (Å²) in [6.45, 7) is 0.309. The zero-order valence-electron chi connectivity index (χ0n) is 15.6. The summed E-state index contributed by atoms with van der Waals surface area (Å²) in [5.74, 6) is -0.718. The van der Waals surface area contributed by atoms with E-state index in [0.717, 1.165) is 24.8 Å². The molecule has 2 aromatic carbocycles. The number of fused-ring (bicyclic) bond motifs is 1. The highest BCUT2D eigenvalue weighted by molar-refractivity contribution is 5.99. The Morgan fingerprint density at radius 3 is 2.57 bits per heavy atom. The third-order valence-corrected chi connectivity index (χ3v) is 5.06. The summed E-state index contributed by atoms with van der Waals surface area (Å²) in [7, 11) is 0. The number of carbonyl (C=O) groups is 2. The topological polar surface area (TPSA) is 61.2 Å². The van der Waals surface area contributed by atoms with Gasteiger partial charge in [0.15, 0.2) is 12.4 Å². The normalized spacial score (nSPS) is 13.0. The van der Waals surface area contributed by atoms with Crippen molar-refractivity contribution in [3.8, 4) is 0 Å². The van der Waals surface area contributed by atoms with Gasteiger partial charge in [-0.3, -0.25) is 9.48 Å². The second-order valence-electron chi connectivity index (χ2n) is 7.10. The van der Waals surface area contributed by atoms with E-state index in [0.29, 0.717) is 17.7 Å². The van der Waals surface area contributed by atoms with Crippen LogP contribution in [0.15, 0.2) is 60.9 Å². The highest BCUT2D eigenvalue weighted by Crippen LogP contribution is 2.22. The van der Waals surface area contributed by atoms with Gasteiger partial charge in [0.25, 0.3) is 0 Å². The molecule has 4 rings (SSSR count). The van der Waals surface area contributed by atoms with E-state index in [1.54, 1.807) is 10.9 Å². The van der Waals surface area contributed by atoms with Gasteiger partial charge < -0.3 is 4.74 Å². The Kier molecular flexibility index (Phi) is 5.33. The first-order valence-corrected chi connectivity index (χ1v) is 9.57. The molecule has 0 amide bonds. The molecule has 0 atom stereocenters. The molecule has 0 N–H and O–H groups in total. The summed E-state index contributed by atoms with van der Waals surface area (Å²) in [6.07, 6.45) is 7.55. The van der Waals surface area contributed by atoms with Crippen LogP contribution in [0.3, 0.4) is 0 Å². The van der Waals surface area contributed by atoms with Crippen molar-refractivity contribution in [2.45, 2.75) is 32.2 Å². The molecule has 1 aliphatic carbocycles. The van der Waals surface area contributed by atoms with Crippen molar-refractivity contribution in [1.82, 2.24) is 9.78 Å². The van der Waals surface area contributed by atoms with Gasteiger partial charge in [0.1, 0.15) is 0 Å². The summed E-state index contributed by atoms with van der Waals surface area (Å²) in [4.78, 5) is 24.7. The zero-order valence-corrected chi connectivity index (χ0v) is 15.6. The van der Waals surface area contributed by atoms with E-state index in [4.69, 9.17) is 4.74 Å². The standard InChI is InChI=1S/C23H22N2O3/c26-22(20-11-10-18-8-4-5-9-19(18)12-20)16-28-23(27)21-13-24-25(15-21)14-17-6-2-1-3-7-17/h1-3,6-7,10-13,15H,4-5,8-9,14,16H2. The van der Waals surface area contributed by atoms with Gasteiger partial charge in [0, 0.05) is 11.8 Å². The maximum Gasteiger partial charge on any atom is 0.341 e. The van der Waals surface area contributed by atoms with Crippen LogP contribution < -0.4 is 0 Å². The van der Waals surface area contributed by atoms with Gasteiger partial charge in [-0.05, 0) is 48.4 Å². The summed E-state index contributed by atoms with van der Waals surface area (Å²) in [5, 5.41) is 4.20. The molecule has 1 aromatic heterocycles. The smallest absolute Gasteiger partial charge is 0.341 e. The van der Waals surface area contributed by atoms with Crippen LogP contribution in [0, 0.1) is 0 Å². The lowest BCUT2D eigenvalue weighted by molar-refractivity contribution is 0.0474. The number of hydrogen-bond acceptors (Lipinski definition) is 4. The van der Waals surface area contributed by atoms with Gasteiger partial charge in [-0.1, -0.05) is 42.5 Å². The fraction of sp³-hybridized carbons (Fsp3) is 0.261. The molecule has 1 aliphatic rings. The molecular formula is C23H22N2O3. The van der Waals surface area contributed by atoms with Gasteiger partial charge >= 0.3 is 5.97 Å². The number of ether oxygens (including phenoxy) is 1. The Bertz CT molecular complexity index is 992. The molecule has 5 nitrogen and oxygen atoms in total. The van der Waals surface area contributed by atoms with Crippen LogP contribution in [0.1, 0.15) is 50.2 Å². The molecule has 0 bridgehead atoms. The molecule has 0 saturated heterocycles. The molecule has 0 fully saturated rings. The van der Waals surface area contributed by atoms with Crippen molar-refractivity contribution in [2.24, 2.45) is 0 Å². The van der Waals surface area contributed by atoms with Crippen molar-refractivity contribution in [1.29, 1.82) is 0 Å². The van der Waals surface area contributed by atoms with Gasteiger partial charge in [0.05, 0.1) is 18.3 Å². The monoisotopic (exact) mass is 374 g/mol. The fourth-order valence-corrected chi connectivity index (χ4v) is 3.53. The molecule has 0 aliphatic heterocycles. The first kappa shape index (κ1) is 18.2. The first-order valence-electron chi connectivity index (χ1n) is 9.57. The molecular weight excluding hydrogens is 352 g/mol. The molecule has 28 heavy (non-hydrogen) atoms. The average molecular weight is 374 g/mol. The predicted molar refractivity (Wildman–Crippen MR) is 105 cm³/mol. The molecule has 0 spiro atoms. The number of carbonyl (C=O) groups excluding carboxylic acids is 2. The molecule has 1 heterocycles. The van der Waals surface area contributed by atoms with Crippen LogP contribution in [0.5, 0.6) is 0 Å². The number of benzene rings is 2. The van der Waals surface area contributed by atoms with Crippen molar-refractivity contribution < 1.29 is 14.3 Å². The van der Waals surface area contributed by atoms with Crippen molar-refractivity contribution >= 4 is 11.8 Å². The Morgan fingerprint density at radius 2 is 1.75 bits per heavy atom. The quantitative estimate of drug-likeness (QED) is 0.486. The minimum absolute atomic E-state index is 0.182. The lowest BCUT2D eigenvalue weighted by atomic mass is 9.90. The maximum atomic E-state index is 12.4. The minimum atomic E-state index is -0.536. The Labute approximate surface area is 164 Å². The molecule has 0 saturated carbocycles. The Morgan fingerprint density at radius 1 is 0.964 bits per heavy atom. The molecule has 0 unspecified atom stereocenters. The van der Waals surface area contributed by atoms with E-state index in [1.807, 2.05) is 48.5 Å². The molecule has 3 aromatic rings. The summed E-state index contributed by atoms with van der Waals surface area (Å²) >= 11 is 0. The van der Waals surface area contributed by atoms with E-state index in [9.17, 15) is 9.59 Å². The van der Waals surface area contributed by atoms with E-state index >= 15 is 0 Å². The van der Waals surface area contributed by atoms with Crippen LogP contribution in [-0.4, -0.2) is 28.1 Å². The highest BCUT2D eigenvalue weighted by Gasteiger charge is 2.16. The number of hydrogen-bond donors (Lipinski definition) is 0. The number of aryl methyl sites for hydroxylation is 2.